The molecule has 1 unspecified atom stereocenters. The van der Waals surface area contributed by atoms with Gasteiger partial charge in [-0.1, -0.05) is 22.0 Å². The van der Waals surface area contributed by atoms with Gasteiger partial charge in [-0.25, -0.2) is 0 Å². The van der Waals surface area contributed by atoms with Crippen LogP contribution in [-0.4, -0.2) is 42.4 Å². The molecule has 20 heavy (non-hydrogen) atoms. The molecule has 2 heterocycles. The van der Waals surface area contributed by atoms with Gasteiger partial charge < -0.3 is 14.4 Å². The molecule has 0 aliphatic carbocycles. The first kappa shape index (κ1) is 14.0. The molecule has 108 valence electrons. The summed E-state index contributed by atoms with van der Waals surface area (Å²) in [6, 6.07) is 5.78. The Labute approximate surface area is 127 Å². The van der Waals surface area contributed by atoms with Crippen molar-refractivity contribution in [1.82, 2.24) is 4.90 Å². The van der Waals surface area contributed by atoms with Crippen molar-refractivity contribution >= 4 is 21.8 Å². The van der Waals surface area contributed by atoms with Crippen LogP contribution in [0.5, 0.6) is 0 Å². The molecule has 1 amide bonds. The molecule has 2 aliphatic heterocycles. The predicted octanol–water partition coefficient (Wildman–Crippen LogP) is 2.60. The first-order valence-corrected chi connectivity index (χ1v) is 7.64. The van der Waals surface area contributed by atoms with Gasteiger partial charge in [0.25, 0.3) is 5.91 Å². The van der Waals surface area contributed by atoms with Crippen LogP contribution in [0.15, 0.2) is 22.7 Å². The molecule has 1 aromatic carbocycles. The smallest absolute Gasteiger partial charge is 0.254 e. The summed E-state index contributed by atoms with van der Waals surface area (Å²) in [7, 11) is 0. The van der Waals surface area contributed by atoms with Crippen molar-refractivity contribution in [3.8, 4) is 0 Å². The second-order valence-corrected chi connectivity index (χ2v) is 6.57. The largest absolute Gasteiger partial charge is 0.348 e. The summed E-state index contributed by atoms with van der Waals surface area (Å²) in [5.74, 6) is -0.453. The van der Waals surface area contributed by atoms with E-state index in [2.05, 4.69) is 15.9 Å². The molecule has 5 heteroatoms. The summed E-state index contributed by atoms with van der Waals surface area (Å²) >= 11 is 3.52. The van der Waals surface area contributed by atoms with Crippen molar-refractivity contribution in [3.63, 3.8) is 0 Å². The minimum Gasteiger partial charge on any atom is -0.348 e. The molecule has 1 saturated heterocycles. The Bertz CT molecular complexity index is 544. The number of carbonyl (C=O) groups excluding carboxylic acids is 1. The van der Waals surface area contributed by atoms with Gasteiger partial charge in [0.05, 0.1) is 6.61 Å². The fourth-order valence-electron chi connectivity index (χ4n) is 2.80. The van der Waals surface area contributed by atoms with E-state index in [0.717, 1.165) is 28.6 Å². The Morgan fingerprint density at radius 3 is 2.95 bits per heavy atom. The lowest BCUT2D eigenvalue weighted by atomic mass is 9.99. The topological polar surface area (TPSA) is 38.8 Å². The Morgan fingerprint density at radius 1 is 1.45 bits per heavy atom. The van der Waals surface area contributed by atoms with Crippen molar-refractivity contribution in [2.24, 2.45) is 0 Å². The number of hydrogen-bond acceptors (Lipinski definition) is 3. The molecule has 0 spiro atoms. The van der Waals surface area contributed by atoms with Crippen LogP contribution >= 0.6 is 15.9 Å². The molecule has 1 aromatic rings. The second kappa shape index (κ2) is 5.13. The van der Waals surface area contributed by atoms with E-state index in [1.807, 2.05) is 36.9 Å². The summed E-state index contributed by atoms with van der Waals surface area (Å²) < 4.78 is 12.4. The quantitative estimate of drug-likeness (QED) is 0.831. The number of nitrogens with zero attached hydrogens (tertiary/aromatic N) is 1. The minimum atomic E-state index is -0.537. The highest BCUT2D eigenvalue weighted by Crippen LogP contribution is 2.28. The number of amides is 1. The van der Waals surface area contributed by atoms with E-state index >= 15 is 0 Å². The molecule has 0 saturated carbocycles. The third kappa shape index (κ3) is 2.62. The minimum absolute atomic E-state index is 0.0392. The fourth-order valence-corrected chi connectivity index (χ4v) is 3.37. The van der Waals surface area contributed by atoms with E-state index in [9.17, 15) is 4.79 Å². The standard InChI is InChI=1S/C15H18BrNO3/c1-15(2)19-9-10(20-15)8-17-7-6-11-12(14(17)18)4-3-5-13(11)16/h3-5,10H,6-9H2,1-2H3. The number of ether oxygens (including phenoxy) is 2. The van der Waals surface area contributed by atoms with Crippen molar-refractivity contribution in [2.45, 2.75) is 32.2 Å². The third-order valence-corrected chi connectivity index (χ3v) is 4.50. The number of carbonyl (C=O) groups is 1. The predicted molar refractivity (Wildman–Crippen MR) is 78.7 cm³/mol. The molecule has 1 atom stereocenters. The van der Waals surface area contributed by atoms with Gasteiger partial charge in [-0.2, -0.15) is 0 Å². The van der Waals surface area contributed by atoms with Gasteiger partial charge in [0.1, 0.15) is 6.10 Å². The zero-order chi connectivity index (χ0) is 14.3. The third-order valence-electron chi connectivity index (χ3n) is 3.76. The summed E-state index contributed by atoms with van der Waals surface area (Å²) in [6.45, 7) is 5.67. The SMILES string of the molecule is CC1(C)OCC(CN2CCc3c(Br)cccc3C2=O)O1. The number of hydrogen-bond donors (Lipinski definition) is 0. The van der Waals surface area contributed by atoms with Crippen molar-refractivity contribution < 1.29 is 14.3 Å². The molecule has 0 aromatic heterocycles. The number of fused-ring (bicyclic) bond motifs is 1. The van der Waals surface area contributed by atoms with Gasteiger partial charge in [0, 0.05) is 23.1 Å². The Balaban J connectivity index is 1.73. The zero-order valence-corrected chi connectivity index (χ0v) is 13.3. The lowest BCUT2D eigenvalue weighted by Gasteiger charge is -2.31. The highest BCUT2D eigenvalue weighted by Gasteiger charge is 2.35. The van der Waals surface area contributed by atoms with E-state index in [4.69, 9.17) is 9.47 Å². The van der Waals surface area contributed by atoms with Crippen LogP contribution in [0.25, 0.3) is 0 Å². The summed E-state index contributed by atoms with van der Waals surface area (Å²) in [4.78, 5) is 14.4. The van der Waals surface area contributed by atoms with Crippen LogP contribution in [0.4, 0.5) is 0 Å². The maximum Gasteiger partial charge on any atom is 0.254 e. The van der Waals surface area contributed by atoms with Gasteiger partial charge in [-0.3, -0.25) is 4.79 Å². The van der Waals surface area contributed by atoms with Crippen molar-refractivity contribution in [3.05, 3.63) is 33.8 Å². The van der Waals surface area contributed by atoms with E-state index in [-0.39, 0.29) is 12.0 Å². The summed E-state index contributed by atoms with van der Waals surface area (Å²) in [5, 5.41) is 0. The molecule has 2 aliphatic rings. The fraction of sp³-hybridized carbons (Fsp3) is 0.533. The van der Waals surface area contributed by atoms with Crippen LogP contribution in [0.1, 0.15) is 29.8 Å². The average Bonchev–Trinajstić information content (AvgIpc) is 2.73. The Hall–Kier alpha value is -0.910. The highest BCUT2D eigenvalue weighted by molar-refractivity contribution is 9.10. The molecular formula is C15H18BrNO3. The first-order chi connectivity index (χ1) is 9.46. The van der Waals surface area contributed by atoms with Gasteiger partial charge in [0.2, 0.25) is 0 Å². The van der Waals surface area contributed by atoms with E-state index in [1.54, 1.807) is 0 Å². The molecule has 0 bridgehead atoms. The van der Waals surface area contributed by atoms with E-state index < -0.39 is 5.79 Å². The van der Waals surface area contributed by atoms with Gasteiger partial charge in [-0.05, 0) is 38.0 Å². The molecule has 0 radical (unpaired) electrons. The lowest BCUT2D eigenvalue weighted by molar-refractivity contribution is -0.139. The highest BCUT2D eigenvalue weighted by atomic mass is 79.9. The molecule has 0 N–H and O–H groups in total. The molecule has 1 fully saturated rings. The monoisotopic (exact) mass is 339 g/mol. The van der Waals surface area contributed by atoms with Crippen LogP contribution in [0.2, 0.25) is 0 Å². The molecule has 4 nitrogen and oxygen atoms in total. The van der Waals surface area contributed by atoms with Crippen LogP contribution in [0, 0.1) is 0 Å². The van der Waals surface area contributed by atoms with E-state index in [1.165, 1.54) is 0 Å². The zero-order valence-electron chi connectivity index (χ0n) is 11.7. The second-order valence-electron chi connectivity index (χ2n) is 5.72. The summed E-state index contributed by atoms with van der Waals surface area (Å²) in [6.07, 6.45) is 0.835. The maximum absolute atomic E-state index is 12.5. The van der Waals surface area contributed by atoms with Crippen molar-refractivity contribution in [2.75, 3.05) is 19.7 Å². The summed E-state index contributed by atoms with van der Waals surface area (Å²) in [5.41, 5.74) is 1.90. The van der Waals surface area contributed by atoms with Gasteiger partial charge in [-0.15, -0.1) is 0 Å². The van der Waals surface area contributed by atoms with Crippen LogP contribution < -0.4 is 0 Å². The number of halogens is 1. The van der Waals surface area contributed by atoms with E-state index in [0.29, 0.717) is 13.2 Å². The Morgan fingerprint density at radius 2 is 2.25 bits per heavy atom. The molecular weight excluding hydrogens is 322 g/mol. The van der Waals surface area contributed by atoms with Crippen molar-refractivity contribution in [1.29, 1.82) is 0 Å². The number of benzene rings is 1. The van der Waals surface area contributed by atoms with Gasteiger partial charge >= 0.3 is 0 Å². The molecule has 3 rings (SSSR count). The average molecular weight is 340 g/mol. The lowest BCUT2D eigenvalue weighted by Crippen LogP contribution is -2.43. The van der Waals surface area contributed by atoms with Gasteiger partial charge in [0.15, 0.2) is 5.79 Å². The van der Waals surface area contributed by atoms with Crippen LogP contribution in [-0.2, 0) is 15.9 Å². The normalized spacial score (nSPS) is 24.9. The number of rotatable bonds is 2. The first-order valence-electron chi connectivity index (χ1n) is 6.85. The Kier molecular flexibility index (Phi) is 3.60. The maximum atomic E-state index is 12.5. The van der Waals surface area contributed by atoms with Crippen LogP contribution in [0.3, 0.4) is 0 Å².